The summed E-state index contributed by atoms with van der Waals surface area (Å²) in [5.41, 5.74) is 0.291. The lowest BCUT2D eigenvalue weighted by Gasteiger charge is -2.14. The molecule has 0 unspecified atom stereocenters. The van der Waals surface area contributed by atoms with Crippen LogP contribution in [0.15, 0.2) is 18.2 Å². The number of nitrogens with one attached hydrogen (secondary N) is 1. The van der Waals surface area contributed by atoms with E-state index in [1.807, 2.05) is 0 Å². The van der Waals surface area contributed by atoms with E-state index in [2.05, 4.69) is 5.32 Å². The molecule has 1 atom stereocenters. The third kappa shape index (κ3) is 2.70. The number of nitrogens with zero attached hydrogens (tertiary/aromatic N) is 1. The zero-order valence-electron chi connectivity index (χ0n) is 8.70. The van der Waals surface area contributed by atoms with Gasteiger partial charge in [0.05, 0.1) is 17.3 Å². The molecule has 0 radical (unpaired) electrons. The molecule has 4 nitrogen and oxygen atoms in total. The van der Waals surface area contributed by atoms with Crippen LogP contribution in [0.4, 0.5) is 10.1 Å². The van der Waals surface area contributed by atoms with Gasteiger partial charge in [-0.05, 0) is 24.6 Å². The highest BCUT2D eigenvalue weighted by atomic mass is 19.1. The van der Waals surface area contributed by atoms with Gasteiger partial charge in [0, 0.05) is 0 Å². The van der Waals surface area contributed by atoms with Crippen LogP contribution >= 0.6 is 0 Å². The van der Waals surface area contributed by atoms with Gasteiger partial charge in [-0.2, -0.15) is 5.26 Å². The van der Waals surface area contributed by atoms with E-state index in [0.717, 1.165) is 6.07 Å². The second-order valence-corrected chi connectivity index (χ2v) is 3.25. The number of carboxylic acid groups (broad SMARTS) is 1. The van der Waals surface area contributed by atoms with Crippen LogP contribution in [0.2, 0.25) is 0 Å². The van der Waals surface area contributed by atoms with E-state index in [9.17, 15) is 9.18 Å². The molecule has 1 aromatic carbocycles. The number of aliphatic carboxylic acids is 1. The van der Waals surface area contributed by atoms with Gasteiger partial charge >= 0.3 is 5.97 Å². The summed E-state index contributed by atoms with van der Waals surface area (Å²) in [5.74, 6) is -1.66. The molecule has 0 heterocycles. The first-order chi connectivity index (χ1) is 7.58. The third-order valence-corrected chi connectivity index (χ3v) is 2.13. The van der Waals surface area contributed by atoms with Crippen molar-refractivity contribution in [2.45, 2.75) is 19.4 Å². The monoisotopic (exact) mass is 222 g/mol. The van der Waals surface area contributed by atoms with Crippen LogP contribution in [0, 0.1) is 17.1 Å². The largest absolute Gasteiger partial charge is 0.480 e. The molecule has 16 heavy (non-hydrogen) atoms. The lowest BCUT2D eigenvalue weighted by atomic mass is 10.1. The highest BCUT2D eigenvalue weighted by Gasteiger charge is 2.16. The number of rotatable bonds is 4. The molecule has 1 aromatic rings. The Morgan fingerprint density at radius 2 is 2.38 bits per heavy atom. The quantitative estimate of drug-likeness (QED) is 0.816. The Kier molecular flexibility index (Phi) is 3.84. The summed E-state index contributed by atoms with van der Waals surface area (Å²) in [5, 5.41) is 19.9. The van der Waals surface area contributed by atoms with Crippen LogP contribution in [-0.2, 0) is 4.79 Å². The number of anilines is 1. The third-order valence-electron chi connectivity index (χ3n) is 2.13. The summed E-state index contributed by atoms with van der Waals surface area (Å²) in [4.78, 5) is 10.7. The van der Waals surface area contributed by atoms with Crippen molar-refractivity contribution in [1.29, 1.82) is 5.26 Å². The van der Waals surface area contributed by atoms with Gasteiger partial charge in [0.1, 0.15) is 11.9 Å². The van der Waals surface area contributed by atoms with Gasteiger partial charge in [-0.15, -0.1) is 0 Å². The maximum atomic E-state index is 13.4. The van der Waals surface area contributed by atoms with Gasteiger partial charge in [0.25, 0.3) is 0 Å². The molecule has 1 rings (SSSR count). The normalized spacial score (nSPS) is 11.6. The van der Waals surface area contributed by atoms with Crippen molar-refractivity contribution in [3.8, 4) is 6.07 Å². The van der Waals surface area contributed by atoms with Gasteiger partial charge in [-0.3, -0.25) is 0 Å². The summed E-state index contributed by atoms with van der Waals surface area (Å²) >= 11 is 0. The maximum absolute atomic E-state index is 13.4. The molecular formula is C11H11FN2O2. The minimum absolute atomic E-state index is 0.0910. The molecule has 0 saturated carbocycles. The van der Waals surface area contributed by atoms with E-state index in [0.29, 0.717) is 6.42 Å². The highest BCUT2D eigenvalue weighted by Crippen LogP contribution is 2.17. The minimum Gasteiger partial charge on any atom is -0.480 e. The van der Waals surface area contributed by atoms with Crippen LogP contribution in [-0.4, -0.2) is 17.1 Å². The van der Waals surface area contributed by atoms with Crippen molar-refractivity contribution in [3.63, 3.8) is 0 Å². The summed E-state index contributed by atoms with van der Waals surface area (Å²) < 4.78 is 13.4. The molecule has 0 saturated heterocycles. The molecule has 0 aliphatic heterocycles. The second-order valence-electron chi connectivity index (χ2n) is 3.25. The molecule has 0 fully saturated rings. The molecule has 0 aromatic heterocycles. The number of halogens is 1. The molecule has 0 spiro atoms. The average Bonchev–Trinajstić information content (AvgIpc) is 2.26. The number of carbonyl (C=O) groups is 1. The Bertz CT molecular complexity index is 440. The number of hydrogen-bond acceptors (Lipinski definition) is 3. The van der Waals surface area contributed by atoms with Crippen molar-refractivity contribution < 1.29 is 14.3 Å². The van der Waals surface area contributed by atoms with Crippen LogP contribution < -0.4 is 5.32 Å². The summed E-state index contributed by atoms with van der Waals surface area (Å²) in [6, 6.07) is 4.83. The first kappa shape index (κ1) is 12.0. The SMILES string of the molecule is CC[C@H](Nc1ccc(C#N)cc1F)C(=O)O. The van der Waals surface area contributed by atoms with Gasteiger partial charge in [0.15, 0.2) is 0 Å². The Labute approximate surface area is 92.3 Å². The van der Waals surface area contributed by atoms with Crippen molar-refractivity contribution >= 4 is 11.7 Å². The van der Waals surface area contributed by atoms with E-state index in [4.69, 9.17) is 10.4 Å². The molecule has 0 amide bonds. The minimum atomic E-state index is -1.04. The van der Waals surface area contributed by atoms with Crippen molar-refractivity contribution in [1.82, 2.24) is 0 Å². The van der Waals surface area contributed by atoms with Crippen LogP contribution in [0.1, 0.15) is 18.9 Å². The topological polar surface area (TPSA) is 73.1 Å². The number of benzene rings is 1. The molecule has 0 bridgehead atoms. The van der Waals surface area contributed by atoms with E-state index in [1.165, 1.54) is 12.1 Å². The summed E-state index contributed by atoms with van der Waals surface area (Å²) in [6.07, 6.45) is 0.342. The molecule has 0 aliphatic rings. The fourth-order valence-corrected chi connectivity index (χ4v) is 1.23. The highest BCUT2D eigenvalue weighted by molar-refractivity contribution is 5.77. The first-order valence-corrected chi connectivity index (χ1v) is 4.77. The Balaban J connectivity index is 2.90. The van der Waals surface area contributed by atoms with Gasteiger partial charge in [-0.1, -0.05) is 6.92 Å². The molecule has 84 valence electrons. The number of nitriles is 1. The number of carboxylic acids is 1. The van der Waals surface area contributed by atoms with E-state index >= 15 is 0 Å². The van der Waals surface area contributed by atoms with Crippen molar-refractivity contribution in [2.75, 3.05) is 5.32 Å². The van der Waals surface area contributed by atoms with Gasteiger partial charge in [-0.25, -0.2) is 9.18 Å². The van der Waals surface area contributed by atoms with Crippen LogP contribution in [0.3, 0.4) is 0 Å². The summed E-state index contributed by atoms with van der Waals surface area (Å²) in [6.45, 7) is 1.69. The molecule has 2 N–H and O–H groups in total. The lowest BCUT2D eigenvalue weighted by molar-refractivity contribution is -0.137. The van der Waals surface area contributed by atoms with Crippen LogP contribution in [0.25, 0.3) is 0 Å². The molecule has 0 aliphatic carbocycles. The Morgan fingerprint density at radius 3 is 2.81 bits per heavy atom. The van der Waals surface area contributed by atoms with Crippen molar-refractivity contribution in [3.05, 3.63) is 29.6 Å². The smallest absolute Gasteiger partial charge is 0.326 e. The molecule has 5 heteroatoms. The average molecular weight is 222 g/mol. The van der Waals surface area contributed by atoms with E-state index in [-0.39, 0.29) is 11.3 Å². The molecular weight excluding hydrogens is 211 g/mol. The van der Waals surface area contributed by atoms with Gasteiger partial charge in [0.2, 0.25) is 0 Å². The van der Waals surface area contributed by atoms with E-state index < -0.39 is 17.8 Å². The predicted molar refractivity (Wildman–Crippen MR) is 56.5 cm³/mol. The van der Waals surface area contributed by atoms with Gasteiger partial charge < -0.3 is 10.4 Å². The Hall–Kier alpha value is -2.09. The predicted octanol–water partition coefficient (Wildman–Crippen LogP) is 1.97. The Morgan fingerprint density at radius 1 is 1.69 bits per heavy atom. The van der Waals surface area contributed by atoms with E-state index in [1.54, 1.807) is 13.0 Å². The fourth-order valence-electron chi connectivity index (χ4n) is 1.23. The van der Waals surface area contributed by atoms with Crippen LogP contribution in [0.5, 0.6) is 0 Å². The maximum Gasteiger partial charge on any atom is 0.326 e. The zero-order valence-corrected chi connectivity index (χ0v) is 8.70. The fraction of sp³-hybridized carbons (Fsp3) is 0.273. The lowest BCUT2D eigenvalue weighted by Crippen LogP contribution is -2.28. The first-order valence-electron chi connectivity index (χ1n) is 4.77. The zero-order chi connectivity index (χ0) is 12.1. The number of hydrogen-bond donors (Lipinski definition) is 2. The van der Waals surface area contributed by atoms with Crippen molar-refractivity contribution in [2.24, 2.45) is 0 Å². The standard InChI is InChI=1S/C11H11FN2O2/c1-2-9(11(15)16)14-10-4-3-7(6-13)5-8(10)12/h3-5,9,14H,2H2,1H3,(H,15,16)/t9-/m0/s1. The second kappa shape index (κ2) is 5.12. The summed E-state index contributed by atoms with van der Waals surface area (Å²) in [7, 11) is 0.